The second-order valence-corrected chi connectivity index (χ2v) is 7.54. The van der Waals surface area contributed by atoms with Crippen molar-refractivity contribution in [1.82, 2.24) is 9.88 Å². The molecule has 1 aromatic carbocycles. The summed E-state index contributed by atoms with van der Waals surface area (Å²) in [5.74, 6) is 0.813. The lowest BCUT2D eigenvalue weighted by molar-refractivity contribution is -0.127. The predicted molar refractivity (Wildman–Crippen MR) is 92.6 cm³/mol. The number of thiazole rings is 1. The lowest BCUT2D eigenvalue weighted by atomic mass is 10.3. The van der Waals surface area contributed by atoms with Crippen LogP contribution in [0.1, 0.15) is 10.7 Å². The number of hydrogen-bond acceptors (Lipinski definition) is 5. The summed E-state index contributed by atoms with van der Waals surface area (Å²) in [4.78, 5) is 18.8. The standard InChI is InChI=1S/C14H16BrN3OS2/c1-18(2)14(19)6-13-17-10(8-21-13)7-20-12-5-9(15)3-4-11(12)16/h3-5,8H,6-7,16H2,1-2H3. The Morgan fingerprint density at radius 3 is 2.95 bits per heavy atom. The highest BCUT2D eigenvalue weighted by atomic mass is 79.9. The van der Waals surface area contributed by atoms with Gasteiger partial charge in [-0.15, -0.1) is 23.1 Å². The molecular weight excluding hydrogens is 370 g/mol. The van der Waals surface area contributed by atoms with Crippen molar-refractivity contribution in [3.63, 3.8) is 0 Å². The van der Waals surface area contributed by atoms with E-state index in [-0.39, 0.29) is 5.91 Å². The Balaban J connectivity index is 1.97. The maximum Gasteiger partial charge on any atom is 0.228 e. The van der Waals surface area contributed by atoms with E-state index in [2.05, 4.69) is 20.9 Å². The van der Waals surface area contributed by atoms with Gasteiger partial charge in [-0.1, -0.05) is 15.9 Å². The minimum atomic E-state index is 0.0692. The minimum absolute atomic E-state index is 0.0692. The van der Waals surface area contributed by atoms with E-state index >= 15 is 0 Å². The Morgan fingerprint density at radius 1 is 1.48 bits per heavy atom. The number of nitrogens with zero attached hydrogens (tertiary/aromatic N) is 2. The molecule has 0 aliphatic carbocycles. The van der Waals surface area contributed by atoms with Crippen molar-refractivity contribution in [2.75, 3.05) is 19.8 Å². The molecule has 2 rings (SSSR count). The third kappa shape index (κ3) is 4.72. The normalized spacial score (nSPS) is 10.6. The first kappa shape index (κ1) is 16.3. The van der Waals surface area contributed by atoms with Gasteiger partial charge in [0, 0.05) is 40.3 Å². The largest absolute Gasteiger partial charge is 0.398 e. The van der Waals surface area contributed by atoms with E-state index < -0.39 is 0 Å². The van der Waals surface area contributed by atoms with Crippen LogP contribution in [0.2, 0.25) is 0 Å². The first-order valence-corrected chi connectivity index (χ1v) is 8.93. The summed E-state index contributed by atoms with van der Waals surface area (Å²) in [7, 11) is 3.51. The summed E-state index contributed by atoms with van der Waals surface area (Å²) < 4.78 is 1.01. The van der Waals surface area contributed by atoms with Gasteiger partial charge < -0.3 is 10.6 Å². The van der Waals surface area contributed by atoms with E-state index in [1.807, 2.05) is 23.6 Å². The smallest absolute Gasteiger partial charge is 0.228 e. The summed E-state index contributed by atoms with van der Waals surface area (Å²) >= 11 is 6.61. The number of nitrogen functional groups attached to an aromatic ring is 1. The molecule has 0 spiro atoms. The first-order chi connectivity index (χ1) is 9.95. The summed E-state index contributed by atoms with van der Waals surface area (Å²) in [5, 5.41) is 2.85. The van der Waals surface area contributed by atoms with Gasteiger partial charge in [-0.3, -0.25) is 4.79 Å². The Bertz CT molecular complexity index is 643. The van der Waals surface area contributed by atoms with E-state index in [0.29, 0.717) is 6.42 Å². The number of aromatic nitrogens is 1. The third-order valence-electron chi connectivity index (χ3n) is 2.75. The fraction of sp³-hybridized carbons (Fsp3) is 0.286. The fourth-order valence-electron chi connectivity index (χ4n) is 1.57. The van der Waals surface area contributed by atoms with E-state index in [9.17, 15) is 4.79 Å². The number of carbonyl (C=O) groups excluding carboxylic acids is 1. The van der Waals surface area contributed by atoms with Crippen molar-refractivity contribution in [3.8, 4) is 0 Å². The molecule has 0 saturated heterocycles. The quantitative estimate of drug-likeness (QED) is 0.632. The highest BCUT2D eigenvalue weighted by Crippen LogP contribution is 2.31. The maximum atomic E-state index is 11.6. The van der Waals surface area contributed by atoms with Crippen LogP contribution >= 0.6 is 39.0 Å². The highest BCUT2D eigenvalue weighted by Gasteiger charge is 2.10. The lowest BCUT2D eigenvalue weighted by Gasteiger charge is -2.07. The van der Waals surface area contributed by atoms with Gasteiger partial charge in [-0.25, -0.2) is 4.98 Å². The molecule has 0 atom stereocenters. The molecule has 1 amide bonds. The molecule has 7 heteroatoms. The van der Waals surface area contributed by atoms with Crippen LogP contribution in [0.25, 0.3) is 0 Å². The van der Waals surface area contributed by atoms with Crippen molar-refractivity contribution in [2.24, 2.45) is 0 Å². The van der Waals surface area contributed by atoms with Gasteiger partial charge in [0.15, 0.2) is 0 Å². The van der Waals surface area contributed by atoms with Crippen molar-refractivity contribution >= 4 is 50.6 Å². The number of benzene rings is 1. The number of likely N-dealkylation sites (N-methyl/N-ethyl adjacent to an activating group) is 1. The molecule has 0 bridgehead atoms. The van der Waals surface area contributed by atoms with Gasteiger partial charge in [0.25, 0.3) is 0 Å². The molecule has 0 fully saturated rings. The van der Waals surface area contributed by atoms with Crippen molar-refractivity contribution < 1.29 is 4.79 Å². The zero-order chi connectivity index (χ0) is 15.4. The van der Waals surface area contributed by atoms with E-state index in [0.717, 1.165) is 31.5 Å². The number of anilines is 1. The van der Waals surface area contributed by atoms with Crippen molar-refractivity contribution in [3.05, 3.63) is 38.8 Å². The number of nitrogens with two attached hydrogens (primary N) is 1. The van der Waals surface area contributed by atoms with Crippen molar-refractivity contribution in [1.29, 1.82) is 0 Å². The van der Waals surface area contributed by atoms with Gasteiger partial charge in [-0.2, -0.15) is 0 Å². The Labute approximate surface area is 140 Å². The van der Waals surface area contributed by atoms with Gasteiger partial charge in [0.05, 0.1) is 12.1 Å². The second kappa shape index (κ2) is 7.29. The Morgan fingerprint density at radius 2 is 2.24 bits per heavy atom. The van der Waals surface area contributed by atoms with Crippen LogP contribution in [0.4, 0.5) is 5.69 Å². The maximum absolute atomic E-state index is 11.6. The first-order valence-electron chi connectivity index (χ1n) is 6.27. The van der Waals surface area contributed by atoms with Gasteiger partial charge >= 0.3 is 0 Å². The van der Waals surface area contributed by atoms with Gasteiger partial charge in [0.1, 0.15) is 5.01 Å². The number of hydrogen-bond donors (Lipinski definition) is 1. The Kier molecular flexibility index (Phi) is 5.66. The third-order valence-corrected chi connectivity index (χ3v) is 5.25. The molecule has 1 aromatic heterocycles. The minimum Gasteiger partial charge on any atom is -0.398 e. The van der Waals surface area contributed by atoms with Crippen LogP contribution in [0.3, 0.4) is 0 Å². The zero-order valence-corrected chi connectivity index (χ0v) is 15.0. The molecule has 1 heterocycles. The van der Waals surface area contributed by atoms with Crippen LogP contribution in [0, 0.1) is 0 Å². The van der Waals surface area contributed by atoms with E-state index in [1.54, 1.807) is 30.8 Å². The average molecular weight is 386 g/mol. The number of thioether (sulfide) groups is 1. The molecular formula is C14H16BrN3OS2. The molecule has 0 radical (unpaired) electrons. The van der Waals surface area contributed by atoms with Crippen LogP contribution in [-0.2, 0) is 17.0 Å². The van der Waals surface area contributed by atoms with Crippen LogP contribution < -0.4 is 5.73 Å². The SMILES string of the molecule is CN(C)C(=O)Cc1nc(CSc2cc(Br)ccc2N)cs1. The summed E-state index contributed by atoms with van der Waals surface area (Å²) in [5.41, 5.74) is 7.69. The number of halogens is 1. The Hall–Kier alpha value is -1.05. The summed E-state index contributed by atoms with van der Waals surface area (Å²) in [6.07, 6.45) is 0.362. The van der Waals surface area contributed by atoms with Crippen LogP contribution in [0.5, 0.6) is 0 Å². The average Bonchev–Trinajstić information content (AvgIpc) is 2.87. The molecule has 0 aliphatic rings. The molecule has 0 unspecified atom stereocenters. The zero-order valence-electron chi connectivity index (χ0n) is 11.8. The molecule has 21 heavy (non-hydrogen) atoms. The monoisotopic (exact) mass is 385 g/mol. The second-order valence-electron chi connectivity index (χ2n) is 4.67. The van der Waals surface area contributed by atoms with Crippen molar-refractivity contribution in [2.45, 2.75) is 17.1 Å². The molecule has 2 N–H and O–H groups in total. The number of carbonyl (C=O) groups is 1. The summed E-state index contributed by atoms with van der Waals surface area (Å²) in [6, 6.07) is 5.81. The molecule has 0 saturated carbocycles. The van der Waals surface area contributed by atoms with Crippen LogP contribution in [-0.4, -0.2) is 29.9 Å². The number of amides is 1. The van der Waals surface area contributed by atoms with Gasteiger partial charge in [-0.05, 0) is 18.2 Å². The van der Waals surface area contributed by atoms with E-state index in [4.69, 9.17) is 5.73 Å². The molecule has 112 valence electrons. The molecule has 4 nitrogen and oxygen atoms in total. The molecule has 0 aliphatic heterocycles. The topological polar surface area (TPSA) is 59.2 Å². The lowest BCUT2D eigenvalue weighted by Crippen LogP contribution is -2.23. The molecule has 2 aromatic rings. The van der Waals surface area contributed by atoms with E-state index in [1.165, 1.54) is 11.3 Å². The summed E-state index contributed by atoms with van der Waals surface area (Å²) in [6.45, 7) is 0. The predicted octanol–water partition coefficient (Wildman–Crippen LogP) is 3.41. The van der Waals surface area contributed by atoms with Gasteiger partial charge in [0.2, 0.25) is 5.91 Å². The van der Waals surface area contributed by atoms with Crippen LogP contribution in [0.15, 0.2) is 32.9 Å². The number of rotatable bonds is 5. The highest BCUT2D eigenvalue weighted by molar-refractivity contribution is 9.10. The fourth-order valence-corrected chi connectivity index (χ4v) is 3.87.